The van der Waals surface area contributed by atoms with E-state index in [1.54, 1.807) is 55.3 Å². The second-order valence-electron chi connectivity index (χ2n) is 18.1. The summed E-state index contributed by atoms with van der Waals surface area (Å²) in [5.41, 5.74) is 3.14. The van der Waals surface area contributed by atoms with Crippen molar-refractivity contribution < 1.29 is 0 Å². The fraction of sp³-hybridized carbons (Fsp3) is 0.625. The number of thiophene rings is 4. The van der Waals surface area contributed by atoms with E-state index in [2.05, 4.69) is 174 Å². The monoisotopic (exact) mass is 1150 g/mol. The molecule has 0 saturated heterocycles. The number of thioether (sulfide) groups is 4. The summed E-state index contributed by atoms with van der Waals surface area (Å²) in [5.74, 6) is 4.96. The van der Waals surface area contributed by atoms with Crippen molar-refractivity contribution in [3.05, 3.63) is 24.3 Å². The van der Waals surface area contributed by atoms with Gasteiger partial charge in [0.1, 0.15) is 0 Å². The molecule has 0 atom stereocenters. The standard InChI is InChI=1S/C42H56S8.6CH3.2Sn/c1-5-9-13-17-23-43-35-29-33(49-41(35)47-25-19-15-11-7-3)37-31-21-27-46-40(31)38(32-22-28-45-39(32)37)34-30-36(44-24-18-14-10-6-2)42(50-34)48-26-20-16-12-8-4;;;;;;;;/h21-22,29-30H,5-20,23-26H2,1-4H3;6*1H3;;. The smallest absolute Gasteiger partial charge is 0.0654 e. The van der Waals surface area contributed by atoms with E-state index in [-0.39, 0.29) is 0 Å². The van der Waals surface area contributed by atoms with Crippen LogP contribution in [0.4, 0.5) is 0 Å². The summed E-state index contributed by atoms with van der Waals surface area (Å²) in [6.45, 7) is 9.32. The number of unbranched alkanes of at least 4 members (excludes halogenated alkanes) is 12. The molecule has 0 spiro atoms. The second kappa shape index (κ2) is 25.3. The molecule has 0 nitrogen and oxygen atoms in total. The Balaban J connectivity index is 1.69. The van der Waals surface area contributed by atoms with Gasteiger partial charge < -0.3 is 0 Å². The zero-order valence-electron chi connectivity index (χ0n) is 37.7. The molecule has 322 valence electrons. The third-order valence-electron chi connectivity index (χ3n) is 10.7. The van der Waals surface area contributed by atoms with Gasteiger partial charge in [-0.25, -0.2) is 0 Å². The molecule has 0 amide bonds. The number of hydrogen-bond acceptors (Lipinski definition) is 8. The van der Waals surface area contributed by atoms with Gasteiger partial charge in [-0.2, -0.15) is 0 Å². The van der Waals surface area contributed by atoms with Crippen molar-refractivity contribution in [3.8, 4) is 20.9 Å². The van der Waals surface area contributed by atoms with E-state index >= 15 is 0 Å². The minimum atomic E-state index is -2.42. The molecular formula is C48H74S8Sn2. The van der Waals surface area contributed by atoms with Gasteiger partial charge in [-0.15, -0.1) is 0 Å². The fourth-order valence-electron chi connectivity index (χ4n) is 7.17. The maximum absolute atomic E-state index is 2.73. The van der Waals surface area contributed by atoms with Crippen LogP contribution in [0.3, 0.4) is 0 Å². The quantitative estimate of drug-likeness (QED) is 0.0278. The molecule has 0 radical (unpaired) electrons. The van der Waals surface area contributed by atoms with Crippen molar-refractivity contribution in [1.82, 2.24) is 0 Å². The zero-order valence-corrected chi connectivity index (χ0v) is 50.0. The summed E-state index contributed by atoms with van der Waals surface area (Å²) >= 11 is 12.4. The summed E-state index contributed by atoms with van der Waals surface area (Å²) in [5, 5.41) is 3.12. The van der Waals surface area contributed by atoms with Crippen molar-refractivity contribution in [2.75, 3.05) is 23.0 Å². The predicted octanol–water partition coefficient (Wildman–Crippen LogP) is 19.4. The first-order valence-electron chi connectivity index (χ1n) is 22.7. The molecule has 4 aromatic heterocycles. The Bertz CT molecular complexity index is 1720. The Morgan fingerprint density at radius 3 is 1.03 bits per heavy atom. The zero-order chi connectivity index (χ0) is 41.7. The average Bonchev–Trinajstić information content (AvgIpc) is 3.99. The first-order valence-corrected chi connectivity index (χ1v) is 49.9. The van der Waals surface area contributed by atoms with Gasteiger partial charge in [0.25, 0.3) is 0 Å². The summed E-state index contributed by atoms with van der Waals surface area (Å²) in [7, 11) is 0. The van der Waals surface area contributed by atoms with Gasteiger partial charge in [-0.05, 0) is 0 Å². The van der Waals surface area contributed by atoms with Crippen molar-refractivity contribution in [3.63, 3.8) is 0 Å². The Kier molecular flexibility index (Phi) is 22.0. The van der Waals surface area contributed by atoms with Crippen molar-refractivity contribution in [2.45, 2.75) is 178 Å². The van der Waals surface area contributed by atoms with E-state index in [1.807, 2.05) is 0 Å². The van der Waals surface area contributed by atoms with E-state index in [1.165, 1.54) is 135 Å². The van der Waals surface area contributed by atoms with Gasteiger partial charge in [0, 0.05) is 0 Å². The molecule has 0 aliphatic rings. The minimum Gasteiger partial charge on any atom is -0.0654 e. The van der Waals surface area contributed by atoms with Crippen LogP contribution in [0, 0.1) is 0 Å². The summed E-state index contributed by atoms with van der Waals surface area (Å²) in [4.78, 5) is 21.9. The van der Waals surface area contributed by atoms with Crippen LogP contribution in [0.25, 0.3) is 41.1 Å². The van der Waals surface area contributed by atoms with Gasteiger partial charge >= 0.3 is 348 Å². The molecule has 58 heavy (non-hydrogen) atoms. The van der Waals surface area contributed by atoms with Crippen LogP contribution in [0.5, 0.6) is 0 Å². The van der Waals surface area contributed by atoms with Gasteiger partial charge in [0.15, 0.2) is 0 Å². The molecule has 0 unspecified atom stereocenters. The molecular weight excluding hydrogens is 1070 g/mol. The SMILES string of the molecule is CCCCCCSc1cc(-c2c3c[c]([Sn]([CH3])([CH3])[CH3])sc3c(-c3cc(SCCCCCC)c(SCCCCCC)s3)c3c[c]([Sn]([CH3])([CH3])[CH3])sc23)sc1SCCCCCC. The predicted molar refractivity (Wildman–Crippen MR) is 289 cm³/mol. The Hall–Kier alpha value is 1.54. The maximum atomic E-state index is 2.73. The molecule has 0 aliphatic heterocycles. The molecule has 0 aliphatic carbocycles. The van der Waals surface area contributed by atoms with Crippen LogP contribution in [0.1, 0.15) is 130 Å². The van der Waals surface area contributed by atoms with Crippen LogP contribution < -0.4 is 5.79 Å². The third-order valence-corrected chi connectivity index (χ3v) is 39.7. The van der Waals surface area contributed by atoms with Crippen LogP contribution in [-0.2, 0) is 0 Å². The normalized spacial score (nSPS) is 12.6. The summed E-state index contributed by atoms with van der Waals surface area (Å²) in [6.07, 6.45) is 21.4. The summed E-state index contributed by atoms with van der Waals surface area (Å²) in [6, 6.07) is 10.8. The molecule has 5 rings (SSSR count). The molecule has 4 heterocycles. The molecule has 1 aromatic carbocycles. The number of fused-ring (bicyclic) bond motifs is 2. The Morgan fingerprint density at radius 1 is 0.397 bits per heavy atom. The van der Waals surface area contributed by atoms with Crippen molar-refractivity contribution in [2.24, 2.45) is 0 Å². The van der Waals surface area contributed by atoms with E-state index in [9.17, 15) is 0 Å². The molecule has 0 N–H and O–H groups in total. The first-order chi connectivity index (χ1) is 27.9. The van der Waals surface area contributed by atoms with Crippen LogP contribution in [0.2, 0.25) is 29.6 Å². The third kappa shape index (κ3) is 14.3. The molecule has 0 saturated carbocycles. The van der Waals surface area contributed by atoms with E-state index in [0.717, 1.165) is 0 Å². The van der Waals surface area contributed by atoms with E-state index < -0.39 is 36.8 Å². The van der Waals surface area contributed by atoms with Crippen LogP contribution in [0.15, 0.2) is 42.5 Å². The van der Waals surface area contributed by atoms with Crippen molar-refractivity contribution >= 4 is 155 Å². The average molecular weight is 1150 g/mol. The topological polar surface area (TPSA) is 0 Å². The number of hydrogen-bond donors (Lipinski definition) is 0. The number of benzene rings is 1. The van der Waals surface area contributed by atoms with Crippen LogP contribution in [-0.4, -0.2) is 59.8 Å². The molecule has 10 heteroatoms. The molecule has 0 fully saturated rings. The Morgan fingerprint density at radius 2 is 0.724 bits per heavy atom. The van der Waals surface area contributed by atoms with Gasteiger partial charge in [0.05, 0.1) is 0 Å². The molecule has 5 aromatic rings. The minimum absolute atomic E-state index is 1.24. The Labute approximate surface area is 396 Å². The molecule has 0 bridgehead atoms. The van der Waals surface area contributed by atoms with E-state index in [4.69, 9.17) is 0 Å². The summed E-state index contributed by atoms with van der Waals surface area (Å²) < 4.78 is 9.75. The second-order valence-corrected chi connectivity index (χ2v) is 58.2. The van der Waals surface area contributed by atoms with E-state index in [0.29, 0.717) is 0 Å². The van der Waals surface area contributed by atoms with Gasteiger partial charge in [-0.3, -0.25) is 0 Å². The van der Waals surface area contributed by atoms with Gasteiger partial charge in [0.2, 0.25) is 0 Å². The van der Waals surface area contributed by atoms with Gasteiger partial charge in [-0.1, -0.05) is 53.4 Å². The van der Waals surface area contributed by atoms with Crippen LogP contribution >= 0.6 is 92.4 Å². The fourth-order valence-corrected chi connectivity index (χ4v) is 28.1. The first kappa shape index (κ1) is 50.5. The number of rotatable bonds is 28. The van der Waals surface area contributed by atoms with Crippen molar-refractivity contribution in [1.29, 1.82) is 0 Å².